The van der Waals surface area contributed by atoms with Gasteiger partial charge in [-0.3, -0.25) is 15.0 Å². The van der Waals surface area contributed by atoms with Crippen LogP contribution in [0, 0.1) is 5.92 Å². The van der Waals surface area contributed by atoms with E-state index in [9.17, 15) is 4.79 Å². The van der Waals surface area contributed by atoms with Crippen molar-refractivity contribution in [3.05, 3.63) is 0 Å². The van der Waals surface area contributed by atoms with E-state index in [1.807, 2.05) is 0 Å². The molecule has 4 nitrogen and oxygen atoms in total. The van der Waals surface area contributed by atoms with Crippen molar-refractivity contribution in [1.29, 1.82) is 0 Å². The summed E-state index contributed by atoms with van der Waals surface area (Å²) in [5.74, 6) is 0.840. The molecule has 1 spiro atoms. The van der Waals surface area contributed by atoms with Crippen molar-refractivity contribution < 1.29 is 4.79 Å². The smallest absolute Gasteiger partial charge is 0.244 e. The monoisotopic (exact) mass is 279 g/mol. The fourth-order valence-corrected chi connectivity index (χ4v) is 3.79. The molecule has 114 valence electrons. The molecule has 2 heterocycles. The average Bonchev–Trinajstić information content (AvgIpc) is 3.18. The Balaban J connectivity index is 1.66. The van der Waals surface area contributed by atoms with Crippen LogP contribution in [0.25, 0.3) is 0 Å². The Morgan fingerprint density at radius 2 is 1.85 bits per heavy atom. The molecule has 1 saturated carbocycles. The second kappa shape index (κ2) is 5.30. The Hall–Kier alpha value is -0.610. The van der Waals surface area contributed by atoms with Gasteiger partial charge in [-0.05, 0) is 51.6 Å². The molecular weight excluding hydrogens is 250 g/mol. The number of likely N-dealkylation sites (tertiary alicyclic amines) is 1. The molecule has 1 aliphatic carbocycles. The van der Waals surface area contributed by atoms with Gasteiger partial charge in [0.25, 0.3) is 0 Å². The molecule has 2 atom stereocenters. The first-order chi connectivity index (χ1) is 9.53. The van der Waals surface area contributed by atoms with Gasteiger partial charge in [0, 0.05) is 12.6 Å². The molecule has 1 N–H and O–H groups in total. The molecule has 4 heteroatoms. The number of amides is 1. The van der Waals surface area contributed by atoms with Crippen LogP contribution in [0.1, 0.15) is 52.9 Å². The zero-order valence-corrected chi connectivity index (χ0v) is 13.2. The third kappa shape index (κ3) is 2.48. The highest BCUT2D eigenvalue weighted by Crippen LogP contribution is 2.43. The van der Waals surface area contributed by atoms with Crippen molar-refractivity contribution in [2.24, 2.45) is 5.92 Å². The van der Waals surface area contributed by atoms with Gasteiger partial charge in [-0.15, -0.1) is 0 Å². The third-order valence-electron chi connectivity index (χ3n) is 5.29. The lowest BCUT2D eigenvalue weighted by Gasteiger charge is -2.36. The van der Waals surface area contributed by atoms with Gasteiger partial charge < -0.3 is 4.90 Å². The second-order valence-electron chi connectivity index (χ2n) is 7.32. The fraction of sp³-hybridized carbons (Fsp3) is 0.938. The Morgan fingerprint density at radius 3 is 2.40 bits per heavy atom. The first-order valence-corrected chi connectivity index (χ1v) is 8.36. The lowest BCUT2D eigenvalue weighted by molar-refractivity contribution is -0.132. The van der Waals surface area contributed by atoms with E-state index in [-0.39, 0.29) is 11.7 Å². The Kier molecular flexibility index (Phi) is 3.80. The van der Waals surface area contributed by atoms with E-state index in [4.69, 9.17) is 0 Å². The van der Waals surface area contributed by atoms with Gasteiger partial charge in [-0.25, -0.2) is 0 Å². The first kappa shape index (κ1) is 14.3. The van der Waals surface area contributed by atoms with Crippen LogP contribution in [-0.4, -0.2) is 53.1 Å². The minimum Gasteiger partial charge on any atom is -0.324 e. The number of hydrogen-bond donors (Lipinski definition) is 1. The normalized spacial score (nSPS) is 31.3. The van der Waals surface area contributed by atoms with Gasteiger partial charge in [0.15, 0.2) is 0 Å². The maximum atomic E-state index is 12.7. The molecule has 0 radical (unpaired) electrons. The highest BCUT2D eigenvalue weighted by molar-refractivity contribution is 5.91. The molecule has 1 amide bonds. The van der Waals surface area contributed by atoms with Gasteiger partial charge in [0.05, 0.1) is 11.7 Å². The zero-order chi connectivity index (χ0) is 14.3. The van der Waals surface area contributed by atoms with Crippen LogP contribution < -0.4 is 5.32 Å². The summed E-state index contributed by atoms with van der Waals surface area (Å²) >= 11 is 0. The van der Waals surface area contributed by atoms with Crippen molar-refractivity contribution in [3.63, 3.8) is 0 Å². The van der Waals surface area contributed by atoms with Gasteiger partial charge in [-0.2, -0.15) is 0 Å². The van der Waals surface area contributed by atoms with Crippen molar-refractivity contribution in [2.75, 3.05) is 19.6 Å². The minimum absolute atomic E-state index is 0.170. The maximum Gasteiger partial charge on any atom is 0.244 e. The zero-order valence-electron chi connectivity index (χ0n) is 13.2. The number of nitrogens with one attached hydrogen (secondary N) is 1. The average molecular weight is 279 g/mol. The molecular formula is C16H29N3O. The second-order valence-corrected chi connectivity index (χ2v) is 7.32. The first-order valence-electron chi connectivity index (χ1n) is 8.36. The van der Waals surface area contributed by atoms with Gasteiger partial charge in [0.2, 0.25) is 5.91 Å². The number of hydrogen-bond acceptors (Lipinski definition) is 3. The lowest BCUT2D eigenvalue weighted by atomic mass is 10.1. The molecule has 0 bridgehead atoms. The Labute approximate surface area is 122 Å². The molecule has 0 aromatic carbocycles. The Morgan fingerprint density at radius 1 is 1.20 bits per heavy atom. The molecule has 2 saturated heterocycles. The fourth-order valence-electron chi connectivity index (χ4n) is 3.79. The van der Waals surface area contributed by atoms with Crippen molar-refractivity contribution in [2.45, 2.75) is 70.6 Å². The lowest BCUT2D eigenvalue weighted by Crippen LogP contribution is -2.49. The van der Waals surface area contributed by atoms with Gasteiger partial charge in [0.1, 0.15) is 0 Å². The Bertz CT molecular complexity index is 372. The molecule has 0 aromatic rings. The highest BCUT2D eigenvalue weighted by Gasteiger charge is 2.59. The summed E-state index contributed by atoms with van der Waals surface area (Å²) in [6.07, 6.45) is 6.29. The predicted octanol–water partition coefficient (Wildman–Crippen LogP) is 1.81. The molecule has 3 fully saturated rings. The minimum atomic E-state index is -0.170. The molecule has 20 heavy (non-hydrogen) atoms. The number of carbonyl (C=O) groups is 1. The van der Waals surface area contributed by atoms with Crippen LogP contribution in [0.5, 0.6) is 0 Å². The third-order valence-corrected chi connectivity index (χ3v) is 5.29. The summed E-state index contributed by atoms with van der Waals surface area (Å²) in [6.45, 7) is 10.0. The van der Waals surface area contributed by atoms with E-state index in [1.165, 1.54) is 32.4 Å². The standard InChI is InChI=1S/C16H29N3O/c1-12(2)14-17-16(7-8-16)15(20)19(14)11-13(3)18-9-5-4-6-10-18/h12-14,17H,4-11H2,1-3H3. The van der Waals surface area contributed by atoms with Gasteiger partial charge >= 0.3 is 0 Å². The van der Waals surface area contributed by atoms with Crippen LogP contribution in [0.15, 0.2) is 0 Å². The summed E-state index contributed by atoms with van der Waals surface area (Å²) in [5.41, 5.74) is -0.170. The summed E-state index contributed by atoms with van der Waals surface area (Å²) in [5, 5.41) is 3.61. The number of carbonyl (C=O) groups excluding carboxylic acids is 1. The largest absolute Gasteiger partial charge is 0.324 e. The predicted molar refractivity (Wildman–Crippen MR) is 80.3 cm³/mol. The van der Waals surface area contributed by atoms with E-state index in [1.54, 1.807) is 0 Å². The number of rotatable bonds is 4. The molecule has 3 rings (SSSR count). The molecule has 2 unspecified atom stereocenters. The van der Waals surface area contributed by atoms with E-state index in [0.29, 0.717) is 17.9 Å². The molecule has 2 aliphatic heterocycles. The van der Waals surface area contributed by atoms with E-state index in [2.05, 4.69) is 35.9 Å². The van der Waals surface area contributed by atoms with Gasteiger partial charge in [-0.1, -0.05) is 20.3 Å². The van der Waals surface area contributed by atoms with E-state index >= 15 is 0 Å². The summed E-state index contributed by atoms with van der Waals surface area (Å²) in [4.78, 5) is 17.4. The van der Waals surface area contributed by atoms with Crippen molar-refractivity contribution in [3.8, 4) is 0 Å². The quantitative estimate of drug-likeness (QED) is 0.852. The SMILES string of the molecule is CC(C)C1NC2(CC2)C(=O)N1CC(C)N1CCCCC1. The van der Waals surface area contributed by atoms with Crippen LogP contribution in [-0.2, 0) is 4.79 Å². The summed E-state index contributed by atoms with van der Waals surface area (Å²) in [7, 11) is 0. The number of piperidine rings is 1. The van der Waals surface area contributed by atoms with Crippen LogP contribution in [0.2, 0.25) is 0 Å². The van der Waals surface area contributed by atoms with Crippen LogP contribution in [0.4, 0.5) is 0 Å². The van der Waals surface area contributed by atoms with E-state index in [0.717, 1.165) is 19.4 Å². The van der Waals surface area contributed by atoms with Crippen molar-refractivity contribution in [1.82, 2.24) is 15.1 Å². The topological polar surface area (TPSA) is 35.6 Å². The maximum absolute atomic E-state index is 12.7. The van der Waals surface area contributed by atoms with E-state index < -0.39 is 0 Å². The molecule has 3 aliphatic rings. The van der Waals surface area contributed by atoms with Crippen LogP contribution in [0.3, 0.4) is 0 Å². The highest BCUT2D eigenvalue weighted by atomic mass is 16.2. The summed E-state index contributed by atoms with van der Waals surface area (Å²) < 4.78 is 0. The van der Waals surface area contributed by atoms with Crippen molar-refractivity contribution >= 4 is 5.91 Å². The summed E-state index contributed by atoms with van der Waals surface area (Å²) in [6, 6.07) is 0.483. The molecule has 0 aromatic heterocycles. The van der Waals surface area contributed by atoms with Crippen LogP contribution >= 0.6 is 0 Å². The number of nitrogens with zero attached hydrogens (tertiary/aromatic N) is 2.